The van der Waals surface area contributed by atoms with Crippen LogP contribution in [0.4, 0.5) is 0 Å². The number of carbonyl (C=O) groups excluding carboxylic acids is 3. The number of rotatable bonds is 5. The lowest BCUT2D eigenvalue weighted by Crippen LogP contribution is -2.59. The Morgan fingerprint density at radius 2 is 1.87 bits per heavy atom. The Bertz CT molecular complexity index is 965. The number of hydrogen-bond acceptors (Lipinski definition) is 5. The smallest absolute Gasteiger partial charge is 0.257 e. The monoisotopic (exact) mass is 422 g/mol. The van der Waals surface area contributed by atoms with E-state index in [0.717, 1.165) is 5.56 Å². The predicted octanol–water partition coefficient (Wildman–Crippen LogP) is 1.57. The second-order valence-corrected chi connectivity index (χ2v) is 7.66. The summed E-state index contributed by atoms with van der Waals surface area (Å²) in [6.45, 7) is 3.92. The molecule has 1 aromatic heterocycles. The fourth-order valence-electron chi connectivity index (χ4n) is 4.17. The molecule has 2 aliphatic rings. The third kappa shape index (κ3) is 4.38. The molecule has 0 saturated carbocycles. The molecule has 2 saturated heterocycles. The summed E-state index contributed by atoms with van der Waals surface area (Å²) in [5, 5.41) is 0. The Labute approximate surface area is 181 Å². The summed E-state index contributed by atoms with van der Waals surface area (Å²) in [5.41, 5.74) is 1.43. The van der Waals surface area contributed by atoms with Crippen molar-refractivity contribution in [1.29, 1.82) is 0 Å². The van der Waals surface area contributed by atoms with Crippen molar-refractivity contribution in [2.24, 2.45) is 0 Å². The van der Waals surface area contributed by atoms with Gasteiger partial charge < -0.3 is 19.4 Å². The first kappa shape index (κ1) is 20.8. The van der Waals surface area contributed by atoms with Gasteiger partial charge in [0, 0.05) is 38.6 Å². The fourth-order valence-corrected chi connectivity index (χ4v) is 4.17. The normalized spacial score (nSPS) is 19.1. The highest BCUT2D eigenvalue weighted by Crippen LogP contribution is 2.24. The molecule has 162 valence electrons. The molecular weight excluding hydrogens is 396 g/mol. The number of amides is 3. The lowest BCUT2D eigenvalue weighted by atomic mass is 10.1. The number of benzene rings is 1. The number of aromatic nitrogens is 1. The van der Waals surface area contributed by atoms with Crippen LogP contribution in [0, 0.1) is 0 Å². The molecule has 4 rings (SSSR count). The first-order valence-corrected chi connectivity index (χ1v) is 10.6. The van der Waals surface area contributed by atoms with Crippen LogP contribution in [0.1, 0.15) is 29.3 Å². The zero-order valence-corrected chi connectivity index (χ0v) is 17.6. The number of piperazine rings is 1. The van der Waals surface area contributed by atoms with Crippen LogP contribution in [-0.2, 0) is 16.1 Å². The lowest BCUT2D eigenvalue weighted by molar-refractivity contribution is -0.156. The van der Waals surface area contributed by atoms with E-state index < -0.39 is 6.04 Å². The van der Waals surface area contributed by atoms with E-state index in [1.807, 2.05) is 25.1 Å². The minimum atomic E-state index is -0.539. The van der Waals surface area contributed by atoms with Gasteiger partial charge in [-0.1, -0.05) is 12.1 Å². The Morgan fingerprint density at radius 3 is 2.65 bits per heavy atom. The van der Waals surface area contributed by atoms with Crippen LogP contribution < -0.4 is 4.74 Å². The SMILES string of the molecule is CCOc1ccccc1C(=O)N1CCC2C(=O)N(Cc3ccncc3)CC(=O)N2CC1. The molecule has 3 heterocycles. The molecule has 1 unspecified atom stereocenters. The topological polar surface area (TPSA) is 83.0 Å². The van der Waals surface area contributed by atoms with Crippen LogP contribution in [0.3, 0.4) is 0 Å². The molecule has 2 aliphatic heterocycles. The molecule has 2 aromatic rings. The molecule has 1 atom stereocenters. The van der Waals surface area contributed by atoms with Gasteiger partial charge in [0.15, 0.2) is 0 Å². The largest absolute Gasteiger partial charge is 0.493 e. The molecular formula is C23H26N4O4. The number of carbonyl (C=O) groups is 3. The molecule has 0 bridgehead atoms. The number of ether oxygens (including phenoxy) is 1. The van der Waals surface area contributed by atoms with Gasteiger partial charge in [0.05, 0.1) is 12.2 Å². The maximum absolute atomic E-state index is 13.2. The van der Waals surface area contributed by atoms with E-state index in [9.17, 15) is 14.4 Å². The quantitative estimate of drug-likeness (QED) is 0.730. The lowest BCUT2D eigenvalue weighted by Gasteiger charge is -2.39. The zero-order valence-electron chi connectivity index (χ0n) is 17.6. The number of pyridine rings is 1. The molecule has 8 nitrogen and oxygen atoms in total. The van der Waals surface area contributed by atoms with Crippen molar-refractivity contribution < 1.29 is 19.1 Å². The van der Waals surface area contributed by atoms with Gasteiger partial charge in [-0.15, -0.1) is 0 Å². The molecule has 1 aromatic carbocycles. The van der Waals surface area contributed by atoms with Gasteiger partial charge >= 0.3 is 0 Å². The molecule has 8 heteroatoms. The summed E-state index contributed by atoms with van der Waals surface area (Å²) in [7, 11) is 0. The third-order valence-electron chi connectivity index (χ3n) is 5.73. The Hall–Kier alpha value is -3.42. The minimum absolute atomic E-state index is 0.0543. The van der Waals surface area contributed by atoms with E-state index in [1.165, 1.54) is 0 Å². The Morgan fingerprint density at radius 1 is 1.10 bits per heavy atom. The summed E-state index contributed by atoms with van der Waals surface area (Å²) < 4.78 is 5.60. The van der Waals surface area contributed by atoms with Gasteiger partial charge in [-0.3, -0.25) is 19.4 Å². The maximum Gasteiger partial charge on any atom is 0.257 e. The van der Waals surface area contributed by atoms with Gasteiger partial charge in [-0.05, 0) is 43.2 Å². The molecule has 0 N–H and O–H groups in total. The summed E-state index contributed by atoms with van der Waals surface area (Å²) in [4.78, 5) is 48.0. The van der Waals surface area contributed by atoms with E-state index in [1.54, 1.807) is 45.3 Å². The van der Waals surface area contributed by atoms with Crippen molar-refractivity contribution in [2.45, 2.75) is 25.9 Å². The van der Waals surface area contributed by atoms with Crippen LogP contribution in [0.2, 0.25) is 0 Å². The third-order valence-corrected chi connectivity index (χ3v) is 5.73. The summed E-state index contributed by atoms with van der Waals surface area (Å²) in [5.74, 6) is 0.258. The van der Waals surface area contributed by atoms with Crippen LogP contribution in [0.5, 0.6) is 5.75 Å². The van der Waals surface area contributed by atoms with Crippen molar-refractivity contribution in [1.82, 2.24) is 19.7 Å². The van der Waals surface area contributed by atoms with E-state index in [0.29, 0.717) is 50.5 Å². The number of fused-ring (bicyclic) bond motifs is 1. The fraction of sp³-hybridized carbons (Fsp3) is 0.391. The number of para-hydroxylation sites is 1. The van der Waals surface area contributed by atoms with Crippen molar-refractivity contribution in [3.05, 3.63) is 59.9 Å². The average molecular weight is 422 g/mol. The van der Waals surface area contributed by atoms with E-state index in [2.05, 4.69) is 4.98 Å². The van der Waals surface area contributed by atoms with Gasteiger partial charge in [-0.25, -0.2) is 0 Å². The molecule has 0 aliphatic carbocycles. The molecule has 2 fully saturated rings. The van der Waals surface area contributed by atoms with Crippen molar-refractivity contribution in [3.63, 3.8) is 0 Å². The van der Waals surface area contributed by atoms with Crippen molar-refractivity contribution >= 4 is 17.7 Å². The van der Waals surface area contributed by atoms with Crippen molar-refractivity contribution in [3.8, 4) is 5.75 Å². The van der Waals surface area contributed by atoms with E-state index >= 15 is 0 Å². The highest BCUT2D eigenvalue weighted by Gasteiger charge is 2.41. The molecule has 31 heavy (non-hydrogen) atoms. The summed E-state index contributed by atoms with van der Waals surface area (Å²) >= 11 is 0. The van der Waals surface area contributed by atoms with Gasteiger partial charge in [0.1, 0.15) is 18.3 Å². The first-order valence-electron chi connectivity index (χ1n) is 10.6. The average Bonchev–Trinajstić information content (AvgIpc) is 3.02. The van der Waals surface area contributed by atoms with Gasteiger partial charge in [0.25, 0.3) is 5.91 Å². The van der Waals surface area contributed by atoms with E-state index in [4.69, 9.17) is 4.74 Å². The number of hydrogen-bond donors (Lipinski definition) is 0. The Balaban J connectivity index is 1.48. The van der Waals surface area contributed by atoms with Crippen molar-refractivity contribution in [2.75, 3.05) is 32.8 Å². The molecule has 0 radical (unpaired) electrons. The van der Waals surface area contributed by atoms with Crippen LogP contribution in [-0.4, -0.2) is 76.2 Å². The first-order chi connectivity index (χ1) is 15.1. The minimum Gasteiger partial charge on any atom is -0.493 e. The van der Waals surface area contributed by atoms with Gasteiger partial charge in [-0.2, -0.15) is 0 Å². The number of nitrogens with zero attached hydrogens (tertiary/aromatic N) is 4. The van der Waals surface area contributed by atoms with Crippen LogP contribution in [0.15, 0.2) is 48.8 Å². The second-order valence-electron chi connectivity index (χ2n) is 7.66. The second kappa shape index (κ2) is 9.16. The molecule has 0 spiro atoms. The highest BCUT2D eigenvalue weighted by atomic mass is 16.5. The highest BCUT2D eigenvalue weighted by molar-refractivity contribution is 5.98. The van der Waals surface area contributed by atoms with E-state index in [-0.39, 0.29) is 24.3 Å². The predicted molar refractivity (Wildman–Crippen MR) is 113 cm³/mol. The van der Waals surface area contributed by atoms with Crippen LogP contribution >= 0.6 is 0 Å². The Kier molecular flexibility index (Phi) is 6.16. The summed E-state index contributed by atoms with van der Waals surface area (Å²) in [6.07, 6.45) is 3.76. The maximum atomic E-state index is 13.2. The van der Waals surface area contributed by atoms with Gasteiger partial charge in [0.2, 0.25) is 11.8 Å². The zero-order chi connectivity index (χ0) is 21.8. The summed E-state index contributed by atoms with van der Waals surface area (Å²) in [6, 6.07) is 10.3. The molecule has 3 amide bonds. The van der Waals surface area contributed by atoms with Crippen LogP contribution in [0.25, 0.3) is 0 Å². The standard InChI is InChI=1S/C23H26N4O4/c1-2-31-20-6-4-3-5-18(20)22(29)25-12-9-19-23(30)26(15-17-7-10-24-11-8-17)16-21(28)27(19)14-13-25/h3-8,10-11,19H,2,9,12-16H2,1H3.